The summed E-state index contributed by atoms with van der Waals surface area (Å²) in [5.41, 5.74) is 0.328. The minimum absolute atomic E-state index is 0.00660. The van der Waals surface area contributed by atoms with Crippen LogP contribution in [0.25, 0.3) is 0 Å². The summed E-state index contributed by atoms with van der Waals surface area (Å²) >= 11 is 3.33. The molecule has 0 aliphatic carbocycles. The Morgan fingerprint density at radius 3 is 2.56 bits per heavy atom. The summed E-state index contributed by atoms with van der Waals surface area (Å²) < 4.78 is 39.8. The molecule has 0 aliphatic heterocycles. The summed E-state index contributed by atoms with van der Waals surface area (Å²) in [6.07, 6.45) is 0. The van der Waals surface area contributed by atoms with Crippen molar-refractivity contribution in [3.63, 3.8) is 0 Å². The van der Waals surface area contributed by atoms with Crippen LogP contribution in [0.1, 0.15) is 19.4 Å². The number of hydrogen-bond acceptors (Lipinski definition) is 2. The number of rotatable bonds is 5. The average Bonchev–Trinajstić information content (AvgIpc) is 2.30. The topological polar surface area (TPSA) is 46.2 Å². The van der Waals surface area contributed by atoms with Crippen LogP contribution in [0.5, 0.6) is 0 Å². The maximum Gasteiger partial charge on any atom is 0.240 e. The van der Waals surface area contributed by atoms with Crippen LogP contribution in [0.4, 0.5) is 4.39 Å². The summed E-state index contributed by atoms with van der Waals surface area (Å²) in [5.74, 6) is -0.555. The van der Waals surface area contributed by atoms with E-state index in [1.807, 2.05) is 13.8 Å². The Bertz CT molecular complexity index is 529. The third kappa shape index (κ3) is 4.03. The van der Waals surface area contributed by atoms with Crippen molar-refractivity contribution in [2.45, 2.75) is 25.7 Å². The van der Waals surface area contributed by atoms with Crippen molar-refractivity contribution in [1.82, 2.24) is 4.72 Å². The molecule has 0 heterocycles. The highest BCUT2D eigenvalue weighted by Gasteiger charge is 2.22. The Hall–Kier alpha value is -0.460. The number of halogens is 2. The van der Waals surface area contributed by atoms with Crippen molar-refractivity contribution in [3.05, 3.63) is 29.6 Å². The summed E-state index contributed by atoms with van der Waals surface area (Å²) in [4.78, 5) is -0.00660. The molecular formula is C12H17BrFNO2S. The van der Waals surface area contributed by atoms with Crippen molar-refractivity contribution < 1.29 is 12.8 Å². The zero-order valence-corrected chi connectivity index (χ0v) is 13.0. The van der Waals surface area contributed by atoms with Gasteiger partial charge in [0.15, 0.2) is 0 Å². The molecule has 1 N–H and O–H groups in total. The van der Waals surface area contributed by atoms with Gasteiger partial charge in [0, 0.05) is 11.9 Å². The van der Waals surface area contributed by atoms with Gasteiger partial charge in [0.1, 0.15) is 5.82 Å². The predicted molar refractivity (Wildman–Crippen MR) is 73.9 cm³/mol. The zero-order chi connectivity index (χ0) is 14.0. The molecule has 1 aromatic rings. The van der Waals surface area contributed by atoms with E-state index in [9.17, 15) is 12.8 Å². The smallest absolute Gasteiger partial charge is 0.211 e. The Labute approximate surface area is 116 Å². The lowest BCUT2D eigenvalue weighted by Gasteiger charge is -2.22. The van der Waals surface area contributed by atoms with Gasteiger partial charge in [-0.15, -0.1) is 0 Å². The van der Waals surface area contributed by atoms with Gasteiger partial charge in [0.25, 0.3) is 0 Å². The van der Waals surface area contributed by atoms with E-state index in [1.54, 1.807) is 6.92 Å². The van der Waals surface area contributed by atoms with Crippen molar-refractivity contribution in [2.75, 3.05) is 11.9 Å². The van der Waals surface area contributed by atoms with Gasteiger partial charge in [-0.05, 0) is 30.0 Å². The number of alkyl halides is 1. The number of benzene rings is 1. The Morgan fingerprint density at radius 1 is 1.39 bits per heavy atom. The summed E-state index contributed by atoms with van der Waals surface area (Å²) in [6, 6.07) is 3.75. The fourth-order valence-corrected chi connectivity index (χ4v) is 2.97. The lowest BCUT2D eigenvalue weighted by molar-refractivity contribution is 0.420. The van der Waals surface area contributed by atoms with Crippen LogP contribution in [0.3, 0.4) is 0 Å². The van der Waals surface area contributed by atoms with Crippen molar-refractivity contribution in [3.8, 4) is 0 Å². The van der Waals surface area contributed by atoms with Gasteiger partial charge in [-0.2, -0.15) is 0 Å². The first-order valence-electron chi connectivity index (χ1n) is 5.50. The number of hydrogen-bond donors (Lipinski definition) is 1. The highest BCUT2D eigenvalue weighted by atomic mass is 79.9. The molecule has 0 saturated heterocycles. The lowest BCUT2D eigenvalue weighted by atomic mass is 9.98. The molecule has 102 valence electrons. The minimum atomic E-state index is -3.67. The minimum Gasteiger partial charge on any atom is -0.211 e. The van der Waals surface area contributed by atoms with E-state index in [0.29, 0.717) is 10.9 Å². The Balaban J connectivity index is 2.97. The molecule has 0 fully saturated rings. The second-order valence-corrected chi connectivity index (χ2v) is 7.33. The van der Waals surface area contributed by atoms with Gasteiger partial charge in [-0.1, -0.05) is 35.8 Å². The van der Waals surface area contributed by atoms with E-state index >= 15 is 0 Å². The molecule has 6 heteroatoms. The van der Waals surface area contributed by atoms with Gasteiger partial charge >= 0.3 is 0 Å². The lowest BCUT2D eigenvalue weighted by Crippen LogP contribution is -2.35. The van der Waals surface area contributed by atoms with E-state index in [0.717, 1.165) is 6.07 Å². The maximum absolute atomic E-state index is 13.1. The number of sulfonamides is 1. The standard InChI is InChI=1S/C12H17BrFNO2S/c1-9-4-5-10(14)6-11(9)18(16,17)15-8-12(2,3)7-13/h4-6,15H,7-8H2,1-3H3. The van der Waals surface area contributed by atoms with Crippen LogP contribution in [-0.4, -0.2) is 20.3 Å². The second kappa shape index (κ2) is 5.67. The fraction of sp³-hybridized carbons (Fsp3) is 0.500. The van der Waals surface area contributed by atoms with E-state index in [4.69, 9.17) is 0 Å². The normalized spacial score (nSPS) is 12.7. The molecule has 0 bridgehead atoms. The van der Waals surface area contributed by atoms with Crippen molar-refractivity contribution >= 4 is 26.0 Å². The third-order valence-corrected chi connectivity index (χ3v) is 5.60. The molecule has 0 unspecified atom stereocenters. The van der Waals surface area contributed by atoms with E-state index in [1.165, 1.54) is 12.1 Å². The van der Waals surface area contributed by atoms with Crippen LogP contribution in [-0.2, 0) is 10.0 Å². The van der Waals surface area contributed by atoms with Gasteiger partial charge in [-0.25, -0.2) is 17.5 Å². The molecule has 0 amide bonds. The van der Waals surface area contributed by atoms with Crippen LogP contribution >= 0.6 is 15.9 Å². The molecule has 1 aromatic carbocycles. The highest BCUT2D eigenvalue weighted by molar-refractivity contribution is 9.09. The maximum atomic E-state index is 13.1. The molecule has 18 heavy (non-hydrogen) atoms. The van der Waals surface area contributed by atoms with E-state index in [-0.39, 0.29) is 16.9 Å². The zero-order valence-electron chi connectivity index (χ0n) is 10.6. The van der Waals surface area contributed by atoms with E-state index in [2.05, 4.69) is 20.7 Å². The first-order chi connectivity index (χ1) is 8.18. The van der Waals surface area contributed by atoms with Crippen LogP contribution in [0.15, 0.2) is 23.1 Å². The highest BCUT2D eigenvalue weighted by Crippen LogP contribution is 2.20. The quantitative estimate of drug-likeness (QED) is 0.839. The van der Waals surface area contributed by atoms with Crippen LogP contribution < -0.4 is 4.72 Å². The SMILES string of the molecule is Cc1ccc(F)cc1S(=O)(=O)NCC(C)(C)CBr. The number of nitrogens with one attached hydrogen (secondary N) is 1. The molecule has 3 nitrogen and oxygen atoms in total. The summed E-state index contributed by atoms with van der Waals surface area (Å²) in [7, 11) is -3.67. The molecule has 0 atom stereocenters. The summed E-state index contributed by atoms with van der Waals surface area (Å²) in [6.45, 7) is 5.80. The third-order valence-electron chi connectivity index (χ3n) is 2.54. The summed E-state index contributed by atoms with van der Waals surface area (Å²) in [5, 5.41) is 0.671. The molecule has 0 aliphatic rings. The molecule has 0 saturated carbocycles. The molecule has 0 radical (unpaired) electrons. The molecule has 0 spiro atoms. The second-order valence-electron chi connectivity index (χ2n) is 5.03. The van der Waals surface area contributed by atoms with Gasteiger partial charge in [0.2, 0.25) is 10.0 Å². The van der Waals surface area contributed by atoms with E-state index < -0.39 is 15.8 Å². The van der Waals surface area contributed by atoms with Gasteiger partial charge in [-0.3, -0.25) is 0 Å². The number of aryl methyl sites for hydroxylation is 1. The average molecular weight is 338 g/mol. The Morgan fingerprint density at radius 2 is 2.00 bits per heavy atom. The molecular weight excluding hydrogens is 321 g/mol. The van der Waals surface area contributed by atoms with Crippen molar-refractivity contribution in [2.24, 2.45) is 5.41 Å². The predicted octanol–water partition coefficient (Wildman–Crippen LogP) is 2.83. The molecule has 0 aromatic heterocycles. The van der Waals surface area contributed by atoms with Gasteiger partial charge < -0.3 is 0 Å². The van der Waals surface area contributed by atoms with Crippen LogP contribution in [0, 0.1) is 18.2 Å². The van der Waals surface area contributed by atoms with Crippen LogP contribution in [0.2, 0.25) is 0 Å². The van der Waals surface area contributed by atoms with Crippen molar-refractivity contribution in [1.29, 1.82) is 0 Å². The first-order valence-corrected chi connectivity index (χ1v) is 8.10. The van der Waals surface area contributed by atoms with Gasteiger partial charge in [0.05, 0.1) is 4.90 Å². The Kier molecular flexibility index (Phi) is 4.91. The largest absolute Gasteiger partial charge is 0.240 e. The fourth-order valence-electron chi connectivity index (χ4n) is 1.28. The molecule has 1 rings (SSSR count). The monoisotopic (exact) mass is 337 g/mol. The first kappa shape index (κ1) is 15.6.